The van der Waals surface area contributed by atoms with Crippen LogP contribution in [0.3, 0.4) is 0 Å². The van der Waals surface area contributed by atoms with Crippen LogP contribution in [-0.2, 0) is 19.6 Å². The molecule has 0 spiro atoms. The van der Waals surface area contributed by atoms with Gasteiger partial charge in [0.2, 0.25) is 0 Å². The Hall–Kier alpha value is -3.48. The van der Waals surface area contributed by atoms with Crippen molar-refractivity contribution in [2.75, 3.05) is 31.1 Å². The lowest BCUT2D eigenvalue weighted by atomic mass is 10.2. The summed E-state index contributed by atoms with van der Waals surface area (Å²) in [6.45, 7) is -1.77. The number of alkyl halides is 3. The molecular formula is C19H17F3N2O7S. The zero-order chi connectivity index (χ0) is 23.4. The standard InChI is InChI=1S/C19H17F3N2O7S/c20-19(21,22)11-23-17(25)10-31-18(26)12-1-3-13(4-2-12)24-32(27,28)14-5-6-15-16(9-14)30-8-7-29-15/h1-6,9,24H,7-8,10-11H2,(H,23,25). The lowest BCUT2D eigenvalue weighted by Crippen LogP contribution is -2.36. The third-order valence-corrected chi connectivity index (χ3v) is 5.40. The van der Waals surface area contributed by atoms with E-state index in [1.807, 2.05) is 0 Å². The maximum Gasteiger partial charge on any atom is 0.405 e. The van der Waals surface area contributed by atoms with E-state index >= 15 is 0 Å². The molecule has 9 nitrogen and oxygen atoms in total. The number of esters is 1. The van der Waals surface area contributed by atoms with Gasteiger partial charge in [-0.1, -0.05) is 0 Å². The molecule has 3 rings (SSSR count). The number of benzene rings is 2. The second-order valence-electron chi connectivity index (χ2n) is 6.46. The molecule has 13 heteroatoms. The molecule has 2 aromatic carbocycles. The van der Waals surface area contributed by atoms with Crippen LogP contribution in [0.5, 0.6) is 11.5 Å². The topological polar surface area (TPSA) is 120 Å². The van der Waals surface area contributed by atoms with Gasteiger partial charge in [-0.3, -0.25) is 9.52 Å². The lowest BCUT2D eigenvalue weighted by Gasteiger charge is -2.19. The number of fused-ring (bicyclic) bond motifs is 1. The van der Waals surface area contributed by atoms with Gasteiger partial charge in [-0.15, -0.1) is 0 Å². The first-order chi connectivity index (χ1) is 15.0. The smallest absolute Gasteiger partial charge is 0.405 e. The summed E-state index contributed by atoms with van der Waals surface area (Å²) in [6, 6.07) is 9.20. The number of nitrogens with one attached hydrogen (secondary N) is 2. The fourth-order valence-electron chi connectivity index (χ4n) is 2.54. The van der Waals surface area contributed by atoms with Crippen LogP contribution in [0.4, 0.5) is 18.9 Å². The van der Waals surface area contributed by atoms with Crippen molar-refractivity contribution in [3.05, 3.63) is 48.0 Å². The first-order valence-electron chi connectivity index (χ1n) is 9.07. The predicted molar refractivity (Wildman–Crippen MR) is 104 cm³/mol. The van der Waals surface area contributed by atoms with Crippen LogP contribution < -0.4 is 19.5 Å². The highest BCUT2D eigenvalue weighted by atomic mass is 32.2. The second kappa shape index (κ2) is 9.34. The van der Waals surface area contributed by atoms with Gasteiger partial charge in [0.25, 0.3) is 15.9 Å². The molecule has 0 aromatic heterocycles. The van der Waals surface area contributed by atoms with Gasteiger partial charge in [-0.25, -0.2) is 13.2 Å². The molecule has 2 aromatic rings. The first kappa shape index (κ1) is 23.2. The first-order valence-corrected chi connectivity index (χ1v) is 10.5. The number of hydrogen-bond donors (Lipinski definition) is 2. The third kappa shape index (κ3) is 6.26. The molecule has 32 heavy (non-hydrogen) atoms. The molecule has 0 fully saturated rings. The highest BCUT2D eigenvalue weighted by Crippen LogP contribution is 2.32. The van der Waals surface area contributed by atoms with Gasteiger partial charge in [0.1, 0.15) is 19.8 Å². The van der Waals surface area contributed by atoms with Crippen molar-refractivity contribution in [1.82, 2.24) is 5.32 Å². The van der Waals surface area contributed by atoms with Gasteiger partial charge in [-0.2, -0.15) is 13.2 Å². The molecule has 0 saturated heterocycles. The molecule has 1 amide bonds. The summed E-state index contributed by atoms with van der Waals surface area (Å²) < 4.78 is 79.0. The minimum Gasteiger partial charge on any atom is -0.486 e. The Bertz CT molecular complexity index is 1100. The zero-order valence-electron chi connectivity index (χ0n) is 16.3. The van der Waals surface area contributed by atoms with Crippen molar-refractivity contribution < 1.29 is 45.4 Å². The monoisotopic (exact) mass is 474 g/mol. The summed E-state index contributed by atoms with van der Waals surface area (Å²) in [4.78, 5) is 23.1. The van der Waals surface area contributed by atoms with E-state index in [4.69, 9.17) is 9.47 Å². The van der Waals surface area contributed by atoms with Crippen molar-refractivity contribution in [1.29, 1.82) is 0 Å². The summed E-state index contributed by atoms with van der Waals surface area (Å²) in [5.74, 6) is -1.34. The Balaban J connectivity index is 1.58. The number of rotatable bonds is 7. The highest BCUT2D eigenvalue weighted by Gasteiger charge is 2.28. The van der Waals surface area contributed by atoms with Gasteiger partial charge in [-0.05, 0) is 36.4 Å². The van der Waals surface area contributed by atoms with E-state index in [1.54, 1.807) is 5.32 Å². The molecule has 1 heterocycles. The van der Waals surface area contributed by atoms with Crippen molar-refractivity contribution >= 4 is 27.6 Å². The molecular weight excluding hydrogens is 457 g/mol. The second-order valence-corrected chi connectivity index (χ2v) is 8.14. The number of carbonyl (C=O) groups excluding carboxylic acids is 2. The fraction of sp³-hybridized carbons (Fsp3) is 0.263. The van der Waals surface area contributed by atoms with Gasteiger partial charge < -0.3 is 19.5 Å². The number of hydrogen-bond acceptors (Lipinski definition) is 7. The maximum absolute atomic E-state index is 12.6. The Morgan fingerprint density at radius 2 is 1.66 bits per heavy atom. The van der Waals surface area contributed by atoms with Crippen LogP contribution >= 0.6 is 0 Å². The number of ether oxygens (including phenoxy) is 3. The number of carbonyl (C=O) groups is 2. The van der Waals surface area contributed by atoms with E-state index in [2.05, 4.69) is 9.46 Å². The number of anilines is 1. The zero-order valence-corrected chi connectivity index (χ0v) is 17.1. The fourth-order valence-corrected chi connectivity index (χ4v) is 3.62. The average Bonchev–Trinajstić information content (AvgIpc) is 2.75. The van der Waals surface area contributed by atoms with Crippen LogP contribution in [0.15, 0.2) is 47.4 Å². The number of halogens is 3. The Morgan fingerprint density at radius 1 is 1.00 bits per heavy atom. The number of amides is 1. The molecule has 0 atom stereocenters. The number of sulfonamides is 1. The van der Waals surface area contributed by atoms with Crippen LogP contribution in [-0.4, -0.2) is 52.8 Å². The quantitative estimate of drug-likeness (QED) is 0.590. The highest BCUT2D eigenvalue weighted by molar-refractivity contribution is 7.92. The maximum atomic E-state index is 12.6. The van der Waals surface area contributed by atoms with Gasteiger partial charge in [0.15, 0.2) is 18.1 Å². The van der Waals surface area contributed by atoms with Crippen LogP contribution in [0.25, 0.3) is 0 Å². The van der Waals surface area contributed by atoms with Crippen molar-refractivity contribution in [2.24, 2.45) is 0 Å². The normalized spacial score (nSPS) is 13.2. The summed E-state index contributed by atoms with van der Waals surface area (Å²) in [7, 11) is -3.97. The summed E-state index contributed by atoms with van der Waals surface area (Å²) in [5, 5.41) is 1.56. The minimum absolute atomic E-state index is 0.0316. The Morgan fingerprint density at radius 3 is 2.31 bits per heavy atom. The van der Waals surface area contributed by atoms with E-state index in [1.165, 1.54) is 42.5 Å². The largest absolute Gasteiger partial charge is 0.486 e. The molecule has 172 valence electrons. The van der Waals surface area contributed by atoms with E-state index < -0.39 is 41.2 Å². The molecule has 0 aliphatic carbocycles. The SMILES string of the molecule is O=C(COC(=O)c1ccc(NS(=O)(=O)c2ccc3c(c2)OCCO3)cc1)NCC(F)(F)F. The molecule has 1 aliphatic heterocycles. The Kier molecular flexibility index (Phi) is 6.77. The Labute approximate surface area is 180 Å². The third-order valence-electron chi connectivity index (χ3n) is 4.02. The van der Waals surface area contributed by atoms with Crippen LogP contribution in [0.2, 0.25) is 0 Å². The van der Waals surface area contributed by atoms with E-state index in [0.29, 0.717) is 24.7 Å². The van der Waals surface area contributed by atoms with E-state index in [-0.39, 0.29) is 16.1 Å². The van der Waals surface area contributed by atoms with Crippen LogP contribution in [0, 0.1) is 0 Å². The molecule has 0 unspecified atom stereocenters. The van der Waals surface area contributed by atoms with Crippen molar-refractivity contribution in [3.63, 3.8) is 0 Å². The molecule has 0 bridgehead atoms. The van der Waals surface area contributed by atoms with Gasteiger partial charge in [0.05, 0.1) is 10.5 Å². The lowest BCUT2D eigenvalue weighted by molar-refractivity contribution is -0.140. The molecule has 1 aliphatic rings. The van der Waals surface area contributed by atoms with E-state index in [9.17, 15) is 31.2 Å². The summed E-state index contributed by atoms with van der Waals surface area (Å²) >= 11 is 0. The van der Waals surface area contributed by atoms with Crippen molar-refractivity contribution in [2.45, 2.75) is 11.1 Å². The predicted octanol–water partition coefficient (Wildman–Crippen LogP) is 2.09. The van der Waals surface area contributed by atoms with Gasteiger partial charge in [0, 0.05) is 11.8 Å². The van der Waals surface area contributed by atoms with Crippen molar-refractivity contribution in [3.8, 4) is 11.5 Å². The van der Waals surface area contributed by atoms with Gasteiger partial charge >= 0.3 is 12.1 Å². The molecule has 0 radical (unpaired) electrons. The van der Waals surface area contributed by atoms with Crippen LogP contribution in [0.1, 0.15) is 10.4 Å². The van der Waals surface area contributed by atoms with E-state index in [0.717, 1.165) is 0 Å². The molecule has 0 saturated carbocycles. The average molecular weight is 474 g/mol. The summed E-state index contributed by atoms with van der Waals surface area (Å²) in [6.07, 6.45) is -4.58. The molecule has 2 N–H and O–H groups in total. The minimum atomic E-state index is -4.58. The summed E-state index contributed by atoms with van der Waals surface area (Å²) in [5.41, 5.74) is 0.107.